The van der Waals surface area contributed by atoms with Crippen LogP contribution in [0.3, 0.4) is 0 Å². The quantitative estimate of drug-likeness (QED) is 0.757. The van der Waals surface area contributed by atoms with Gasteiger partial charge in [0, 0.05) is 12.6 Å². The van der Waals surface area contributed by atoms with E-state index >= 15 is 0 Å². The largest absolute Gasteiger partial charge is 0.497 e. The number of ether oxygens (including phenoxy) is 1. The van der Waals surface area contributed by atoms with Gasteiger partial charge in [-0.1, -0.05) is 25.6 Å². The molecule has 1 aromatic carbocycles. The van der Waals surface area contributed by atoms with Crippen LogP contribution in [0.25, 0.3) is 11.4 Å². The van der Waals surface area contributed by atoms with Crippen LogP contribution in [0.15, 0.2) is 29.4 Å². The first-order valence-corrected chi connectivity index (χ1v) is 8.52. The van der Waals surface area contributed by atoms with E-state index in [2.05, 4.69) is 15.5 Å². The zero-order valence-corrected chi connectivity index (χ0v) is 15.3. The molecule has 1 aromatic heterocycles. The number of methoxy groups -OCH3 is 1. The molecule has 3 amide bonds. The number of primary amides is 1. The molecular formula is C16H21N5O3S. The molecule has 2 rings (SSSR count). The minimum absolute atomic E-state index is 0.0227. The number of benzene rings is 1. The fourth-order valence-electron chi connectivity index (χ4n) is 2.21. The third-order valence-electron chi connectivity index (χ3n) is 3.53. The molecule has 0 radical (unpaired) electrons. The van der Waals surface area contributed by atoms with Gasteiger partial charge in [0.2, 0.25) is 5.91 Å². The van der Waals surface area contributed by atoms with Crippen molar-refractivity contribution >= 4 is 23.7 Å². The third kappa shape index (κ3) is 4.50. The molecule has 25 heavy (non-hydrogen) atoms. The van der Waals surface area contributed by atoms with E-state index in [9.17, 15) is 9.59 Å². The third-order valence-corrected chi connectivity index (χ3v) is 5.10. The van der Waals surface area contributed by atoms with Gasteiger partial charge in [-0.15, -0.1) is 10.2 Å². The van der Waals surface area contributed by atoms with Crippen molar-refractivity contribution in [1.29, 1.82) is 0 Å². The minimum atomic E-state index is -0.867. The first-order valence-electron chi connectivity index (χ1n) is 7.64. The van der Waals surface area contributed by atoms with Crippen LogP contribution in [0.5, 0.6) is 5.75 Å². The van der Waals surface area contributed by atoms with E-state index in [1.165, 1.54) is 11.8 Å². The number of urea groups is 1. The number of aromatic nitrogens is 3. The Balaban J connectivity index is 2.23. The molecule has 1 atom stereocenters. The lowest BCUT2D eigenvalue weighted by atomic mass is 10.1. The summed E-state index contributed by atoms with van der Waals surface area (Å²) in [6, 6.07) is 6.59. The summed E-state index contributed by atoms with van der Waals surface area (Å²) in [5.74, 6) is 0.957. The minimum Gasteiger partial charge on any atom is -0.497 e. The number of imide groups is 1. The predicted molar refractivity (Wildman–Crippen MR) is 95.2 cm³/mol. The molecular weight excluding hydrogens is 342 g/mol. The molecule has 0 spiro atoms. The van der Waals surface area contributed by atoms with Crippen molar-refractivity contribution < 1.29 is 14.3 Å². The molecule has 0 aliphatic heterocycles. The second-order valence-electron chi connectivity index (χ2n) is 5.73. The van der Waals surface area contributed by atoms with E-state index in [4.69, 9.17) is 10.5 Å². The number of nitrogens with two attached hydrogens (primary N) is 1. The Hall–Kier alpha value is -2.55. The topological polar surface area (TPSA) is 112 Å². The molecule has 2 aromatic rings. The molecule has 9 heteroatoms. The molecule has 134 valence electrons. The van der Waals surface area contributed by atoms with E-state index < -0.39 is 17.2 Å². The molecule has 3 N–H and O–H groups in total. The maximum atomic E-state index is 12.2. The maximum absolute atomic E-state index is 12.2. The predicted octanol–water partition coefficient (Wildman–Crippen LogP) is 1.80. The van der Waals surface area contributed by atoms with Gasteiger partial charge in [0.25, 0.3) is 0 Å². The van der Waals surface area contributed by atoms with Gasteiger partial charge in [-0.3, -0.25) is 10.1 Å². The van der Waals surface area contributed by atoms with Gasteiger partial charge in [0.1, 0.15) is 5.75 Å². The van der Waals surface area contributed by atoms with Gasteiger partial charge >= 0.3 is 6.03 Å². The summed E-state index contributed by atoms with van der Waals surface area (Å²) in [6.07, 6.45) is 0. The fourth-order valence-corrected chi connectivity index (χ4v) is 3.21. The molecule has 0 aliphatic carbocycles. The summed E-state index contributed by atoms with van der Waals surface area (Å²) >= 11 is 1.24. The zero-order valence-electron chi connectivity index (χ0n) is 14.5. The molecule has 0 unspecified atom stereocenters. The normalized spacial score (nSPS) is 12.0. The standard InChI is InChI=1S/C16H21N5O3S/c1-9(2)12(14(22)18-15(17)23)25-16-20-19-13(21(16)3)10-5-7-11(24-4)8-6-10/h5-9,12H,1-4H3,(H3,17,18,22,23)/t12-/m0/s1. The average Bonchev–Trinajstić information content (AvgIpc) is 2.92. The van der Waals surface area contributed by atoms with Gasteiger partial charge in [-0.05, 0) is 30.2 Å². The Labute approximate surface area is 150 Å². The van der Waals surface area contributed by atoms with Crippen molar-refractivity contribution in [2.24, 2.45) is 18.7 Å². The van der Waals surface area contributed by atoms with Crippen LogP contribution in [0.1, 0.15) is 13.8 Å². The molecule has 0 aliphatic rings. The van der Waals surface area contributed by atoms with Crippen LogP contribution < -0.4 is 15.8 Å². The molecule has 0 saturated heterocycles. The van der Waals surface area contributed by atoms with Crippen molar-refractivity contribution in [3.05, 3.63) is 24.3 Å². The SMILES string of the molecule is COc1ccc(-c2nnc(S[C@H](C(=O)NC(N)=O)C(C)C)n2C)cc1. The lowest BCUT2D eigenvalue weighted by molar-refractivity contribution is -0.120. The second-order valence-corrected chi connectivity index (χ2v) is 6.84. The van der Waals surface area contributed by atoms with E-state index in [1.807, 2.05) is 45.2 Å². The van der Waals surface area contributed by atoms with E-state index in [-0.39, 0.29) is 5.92 Å². The molecule has 0 fully saturated rings. The van der Waals surface area contributed by atoms with Gasteiger partial charge in [0.05, 0.1) is 12.4 Å². The molecule has 0 saturated carbocycles. The number of nitrogens with one attached hydrogen (secondary N) is 1. The van der Waals surface area contributed by atoms with Crippen LogP contribution in [0, 0.1) is 5.92 Å². The lowest BCUT2D eigenvalue weighted by Gasteiger charge is -2.18. The highest BCUT2D eigenvalue weighted by Gasteiger charge is 2.27. The van der Waals surface area contributed by atoms with Crippen molar-refractivity contribution in [1.82, 2.24) is 20.1 Å². The maximum Gasteiger partial charge on any atom is 0.318 e. The molecule has 8 nitrogen and oxygen atoms in total. The summed E-state index contributed by atoms with van der Waals surface area (Å²) in [4.78, 5) is 23.1. The van der Waals surface area contributed by atoms with Crippen molar-refractivity contribution in [3.8, 4) is 17.1 Å². The Morgan fingerprint density at radius 1 is 1.24 bits per heavy atom. The number of nitrogens with zero attached hydrogens (tertiary/aromatic N) is 3. The van der Waals surface area contributed by atoms with Gasteiger partial charge in [-0.25, -0.2) is 4.79 Å². The lowest BCUT2D eigenvalue weighted by Crippen LogP contribution is -2.42. The number of rotatable bonds is 6. The number of amides is 3. The summed E-state index contributed by atoms with van der Waals surface area (Å²) < 4.78 is 6.95. The Morgan fingerprint density at radius 2 is 1.88 bits per heavy atom. The van der Waals surface area contributed by atoms with Crippen LogP contribution in [0.4, 0.5) is 4.79 Å². The highest BCUT2D eigenvalue weighted by molar-refractivity contribution is 8.00. The molecule has 0 bridgehead atoms. The Morgan fingerprint density at radius 3 is 2.40 bits per heavy atom. The van der Waals surface area contributed by atoms with E-state index in [0.717, 1.165) is 11.3 Å². The Kier molecular flexibility index (Phi) is 6.02. The van der Waals surface area contributed by atoms with Gasteiger partial charge in [-0.2, -0.15) is 0 Å². The molecule has 1 heterocycles. The monoisotopic (exact) mass is 363 g/mol. The summed E-state index contributed by atoms with van der Waals surface area (Å²) in [6.45, 7) is 3.78. The van der Waals surface area contributed by atoms with Crippen molar-refractivity contribution in [2.75, 3.05) is 7.11 Å². The second kappa shape index (κ2) is 8.02. The Bertz CT molecular complexity index is 758. The summed E-state index contributed by atoms with van der Waals surface area (Å²) in [5, 5.41) is 10.6. The smallest absolute Gasteiger partial charge is 0.318 e. The first-order chi connectivity index (χ1) is 11.8. The number of thioether (sulfide) groups is 1. The van der Waals surface area contributed by atoms with Crippen molar-refractivity contribution in [3.63, 3.8) is 0 Å². The first kappa shape index (κ1) is 18.8. The van der Waals surface area contributed by atoms with Gasteiger partial charge in [0.15, 0.2) is 11.0 Å². The number of hydrogen-bond acceptors (Lipinski definition) is 6. The van der Waals surface area contributed by atoms with Crippen LogP contribution in [0.2, 0.25) is 0 Å². The van der Waals surface area contributed by atoms with Crippen LogP contribution >= 0.6 is 11.8 Å². The van der Waals surface area contributed by atoms with Crippen molar-refractivity contribution in [2.45, 2.75) is 24.3 Å². The van der Waals surface area contributed by atoms with Crippen LogP contribution in [-0.2, 0) is 11.8 Å². The fraction of sp³-hybridized carbons (Fsp3) is 0.375. The van der Waals surface area contributed by atoms with E-state index in [0.29, 0.717) is 11.0 Å². The van der Waals surface area contributed by atoms with E-state index in [1.54, 1.807) is 11.7 Å². The van der Waals surface area contributed by atoms with Gasteiger partial charge < -0.3 is 15.0 Å². The summed E-state index contributed by atoms with van der Waals surface area (Å²) in [5.41, 5.74) is 5.91. The number of carbonyl (C=O) groups is 2. The number of hydrogen-bond donors (Lipinski definition) is 2. The highest BCUT2D eigenvalue weighted by atomic mass is 32.2. The number of carbonyl (C=O) groups excluding carboxylic acids is 2. The van der Waals surface area contributed by atoms with Crippen LogP contribution in [-0.4, -0.2) is 39.1 Å². The zero-order chi connectivity index (χ0) is 18.6. The average molecular weight is 363 g/mol. The summed E-state index contributed by atoms with van der Waals surface area (Å²) in [7, 11) is 3.43. The highest BCUT2D eigenvalue weighted by Crippen LogP contribution is 2.29.